The first-order valence-corrected chi connectivity index (χ1v) is 9.10. The standard InChI is InChI=1S/C19H33NO2/c1-5-6-7-20-14(15(21)22)19-11-16(2)8-17(3,12-19)10-18(4,9-16)13-19/h14,20H,5-13H2,1-4H3,(H,21,22). The van der Waals surface area contributed by atoms with Crippen molar-refractivity contribution in [3.05, 3.63) is 0 Å². The van der Waals surface area contributed by atoms with Crippen LogP contribution in [-0.4, -0.2) is 23.7 Å². The van der Waals surface area contributed by atoms with Gasteiger partial charge in [-0.05, 0) is 73.2 Å². The van der Waals surface area contributed by atoms with Crippen molar-refractivity contribution in [2.75, 3.05) is 6.54 Å². The van der Waals surface area contributed by atoms with Gasteiger partial charge in [0.15, 0.2) is 0 Å². The first-order valence-electron chi connectivity index (χ1n) is 9.10. The van der Waals surface area contributed by atoms with Gasteiger partial charge in [0.05, 0.1) is 0 Å². The molecule has 0 aromatic carbocycles. The molecule has 4 fully saturated rings. The molecule has 0 aromatic rings. The molecule has 0 amide bonds. The van der Waals surface area contributed by atoms with Crippen LogP contribution in [0.25, 0.3) is 0 Å². The third-order valence-electron chi connectivity index (χ3n) is 6.64. The molecule has 0 aromatic heterocycles. The number of nitrogens with one attached hydrogen (secondary N) is 1. The normalized spacial score (nSPS) is 47.6. The number of aliphatic carboxylic acids is 1. The van der Waals surface area contributed by atoms with Gasteiger partial charge in [0.2, 0.25) is 0 Å². The fourth-order valence-electron chi connectivity index (χ4n) is 7.69. The van der Waals surface area contributed by atoms with E-state index in [0.717, 1.165) is 38.6 Å². The molecule has 0 aliphatic heterocycles. The maximum absolute atomic E-state index is 12.1. The summed E-state index contributed by atoms with van der Waals surface area (Å²) in [7, 11) is 0. The number of hydrogen-bond donors (Lipinski definition) is 2. The first kappa shape index (κ1) is 16.3. The number of carboxylic acid groups (broad SMARTS) is 1. The number of rotatable bonds is 6. The molecule has 4 saturated carbocycles. The highest BCUT2D eigenvalue weighted by molar-refractivity contribution is 5.75. The maximum Gasteiger partial charge on any atom is 0.321 e. The van der Waals surface area contributed by atoms with Crippen molar-refractivity contribution >= 4 is 5.97 Å². The Morgan fingerprint density at radius 3 is 1.82 bits per heavy atom. The molecule has 1 unspecified atom stereocenters. The Bertz CT molecular complexity index is 419. The summed E-state index contributed by atoms with van der Waals surface area (Å²) in [5, 5.41) is 13.4. The summed E-state index contributed by atoms with van der Waals surface area (Å²) in [6.07, 6.45) is 9.34. The van der Waals surface area contributed by atoms with Crippen molar-refractivity contribution < 1.29 is 9.90 Å². The number of carbonyl (C=O) groups is 1. The molecule has 0 radical (unpaired) electrons. The minimum atomic E-state index is -0.631. The van der Waals surface area contributed by atoms with Gasteiger partial charge in [0, 0.05) is 0 Å². The van der Waals surface area contributed by atoms with E-state index >= 15 is 0 Å². The fraction of sp³-hybridized carbons (Fsp3) is 0.947. The zero-order chi connectivity index (χ0) is 16.2. The third-order valence-corrected chi connectivity index (χ3v) is 6.64. The van der Waals surface area contributed by atoms with Crippen molar-refractivity contribution in [2.24, 2.45) is 21.7 Å². The Morgan fingerprint density at radius 2 is 1.45 bits per heavy atom. The lowest BCUT2D eigenvalue weighted by Gasteiger charge is -2.70. The predicted molar refractivity (Wildman–Crippen MR) is 88.8 cm³/mol. The van der Waals surface area contributed by atoms with E-state index in [2.05, 4.69) is 33.0 Å². The second-order valence-electron chi connectivity index (χ2n) is 9.93. The lowest BCUT2D eigenvalue weighted by molar-refractivity contribution is -0.199. The van der Waals surface area contributed by atoms with Crippen LogP contribution in [0.5, 0.6) is 0 Å². The number of unbranched alkanes of at least 4 members (excludes halogenated alkanes) is 1. The van der Waals surface area contributed by atoms with E-state index < -0.39 is 5.97 Å². The van der Waals surface area contributed by atoms with Crippen molar-refractivity contribution in [1.29, 1.82) is 0 Å². The van der Waals surface area contributed by atoms with Gasteiger partial charge in [-0.15, -0.1) is 0 Å². The summed E-state index contributed by atoms with van der Waals surface area (Å²) in [6, 6.07) is -0.363. The van der Waals surface area contributed by atoms with Crippen LogP contribution in [0.15, 0.2) is 0 Å². The van der Waals surface area contributed by atoms with Crippen molar-refractivity contribution in [3.63, 3.8) is 0 Å². The molecule has 22 heavy (non-hydrogen) atoms. The zero-order valence-electron chi connectivity index (χ0n) is 14.8. The van der Waals surface area contributed by atoms with Crippen molar-refractivity contribution in [2.45, 2.75) is 85.1 Å². The molecule has 3 nitrogen and oxygen atoms in total. The first-order chi connectivity index (χ1) is 10.1. The molecule has 4 rings (SSSR count). The summed E-state index contributed by atoms with van der Waals surface area (Å²) in [5.74, 6) is -0.631. The Hall–Kier alpha value is -0.570. The summed E-state index contributed by atoms with van der Waals surface area (Å²) >= 11 is 0. The monoisotopic (exact) mass is 307 g/mol. The number of carboxylic acids is 1. The molecule has 3 heteroatoms. The number of hydrogen-bond acceptors (Lipinski definition) is 2. The molecule has 4 aliphatic rings. The fourth-order valence-corrected chi connectivity index (χ4v) is 7.69. The second-order valence-corrected chi connectivity index (χ2v) is 9.93. The summed E-state index contributed by atoms with van der Waals surface area (Å²) in [5.41, 5.74) is 1.00. The third kappa shape index (κ3) is 2.60. The second kappa shape index (κ2) is 4.96. The van der Waals surface area contributed by atoms with Gasteiger partial charge in [-0.2, -0.15) is 0 Å². The lowest BCUT2D eigenvalue weighted by atomic mass is 9.35. The van der Waals surface area contributed by atoms with Gasteiger partial charge in [-0.3, -0.25) is 4.79 Å². The Morgan fingerprint density at radius 1 is 1.00 bits per heavy atom. The van der Waals surface area contributed by atoms with Gasteiger partial charge in [0.1, 0.15) is 6.04 Å². The van der Waals surface area contributed by atoms with Gasteiger partial charge in [-0.25, -0.2) is 0 Å². The van der Waals surface area contributed by atoms with E-state index in [0.29, 0.717) is 16.2 Å². The SMILES string of the molecule is CCCCNC(C(=O)O)C12CC3(C)CC(C)(CC(C)(C3)C1)C2. The van der Waals surface area contributed by atoms with Gasteiger partial charge >= 0.3 is 5.97 Å². The molecule has 0 heterocycles. The Balaban J connectivity index is 1.91. The molecule has 4 bridgehead atoms. The highest BCUT2D eigenvalue weighted by atomic mass is 16.4. The Kier molecular flexibility index (Phi) is 3.67. The maximum atomic E-state index is 12.1. The average molecular weight is 307 g/mol. The predicted octanol–water partition coefficient (Wildman–Crippen LogP) is 4.22. The quantitative estimate of drug-likeness (QED) is 0.722. The smallest absolute Gasteiger partial charge is 0.321 e. The minimum Gasteiger partial charge on any atom is -0.480 e. The molecule has 1 atom stereocenters. The molecule has 126 valence electrons. The molecular formula is C19H33NO2. The van der Waals surface area contributed by atoms with Crippen LogP contribution in [0.3, 0.4) is 0 Å². The summed E-state index contributed by atoms with van der Waals surface area (Å²) in [6.45, 7) is 10.2. The van der Waals surface area contributed by atoms with E-state index in [4.69, 9.17) is 0 Å². The molecule has 2 N–H and O–H groups in total. The highest BCUT2D eigenvalue weighted by Crippen LogP contribution is 2.74. The van der Waals surface area contributed by atoms with E-state index in [-0.39, 0.29) is 11.5 Å². The van der Waals surface area contributed by atoms with Gasteiger partial charge < -0.3 is 10.4 Å². The van der Waals surface area contributed by atoms with E-state index in [1.165, 1.54) is 19.3 Å². The summed E-state index contributed by atoms with van der Waals surface area (Å²) < 4.78 is 0. The molecular weight excluding hydrogens is 274 g/mol. The average Bonchev–Trinajstić information content (AvgIpc) is 2.27. The highest BCUT2D eigenvalue weighted by Gasteiger charge is 2.66. The molecule has 4 aliphatic carbocycles. The van der Waals surface area contributed by atoms with Crippen LogP contribution in [0, 0.1) is 21.7 Å². The van der Waals surface area contributed by atoms with E-state index in [9.17, 15) is 9.90 Å². The largest absolute Gasteiger partial charge is 0.480 e. The zero-order valence-corrected chi connectivity index (χ0v) is 14.8. The van der Waals surface area contributed by atoms with Crippen LogP contribution in [-0.2, 0) is 4.79 Å². The van der Waals surface area contributed by atoms with E-state index in [1.807, 2.05) is 0 Å². The van der Waals surface area contributed by atoms with Crippen molar-refractivity contribution in [1.82, 2.24) is 5.32 Å². The summed E-state index contributed by atoms with van der Waals surface area (Å²) in [4.78, 5) is 12.1. The van der Waals surface area contributed by atoms with Crippen LogP contribution >= 0.6 is 0 Å². The molecule has 0 saturated heterocycles. The Labute approximate surface area is 135 Å². The van der Waals surface area contributed by atoms with Crippen molar-refractivity contribution in [3.8, 4) is 0 Å². The van der Waals surface area contributed by atoms with E-state index in [1.54, 1.807) is 0 Å². The van der Waals surface area contributed by atoms with Crippen LogP contribution in [0.4, 0.5) is 0 Å². The van der Waals surface area contributed by atoms with Crippen LogP contribution < -0.4 is 5.32 Å². The van der Waals surface area contributed by atoms with Gasteiger partial charge in [-0.1, -0.05) is 34.1 Å². The molecule has 0 spiro atoms. The lowest BCUT2D eigenvalue weighted by Crippen LogP contribution is -2.65. The van der Waals surface area contributed by atoms with Gasteiger partial charge in [0.25, 0.3) is 0 Å². The van der Waals surface area contributed by atoms with Crippen LogP contribution in [0.2, 0.25) is 0 Å². The van der Waals surface area contributed by atoms with Crippen LogP contribution in [0.1, 0.15) is 79.1 Å². The topological polar surface area (TPSA) is 49.3 Å². The minimum absolute atomic E-state index is 0.0351.